The van der Waals surface area contributed by atoms with Crippen molar-refractivity contribution in [3.05, 3.63) is 78.1 Å². The molecule has 0 atom stereocenters. The number of rotatable bonds is 5. The highest BCUT2D eigenvalue weighted by atomic mass is 16.1. The Morgan fingerprint density at radius 2 is 1.64 bits per heavy atom. The number of nitrogens with zero attached hydrogens (tertiary/aromatic N) is 3. The molecule has 0 spiro atoms. The van der Waals surface area contributed by atoms with Crippen LogP contribution in [0.5, 0.6) is 0 Å². The van der Waals surface area contributed by atoms with E-state index in [4.69, 9.17) is 0 Å². The number of para-hydroxylation sites is 2. The predicted molar refractivity (Wildman–Crippen MR) is 100 cm³/mol. The molecule has 0 aliphatic heterocycles. The Morgan fingerprint density at radius 3 is 2.32 bits per heavy atom. The second-order valence-electron chi connectivity index (χ2n) is 5.63. The first-order chi connectivity index (χ1) is 12.2. The van der Waals surface area contributed by atoms with Crippen LogP contribution in [0.3, 0.4) is 0 Å². The zero-order chi connectivity index (χ0) is 17.6. The molecule has 1 N–H and O–H groups in total. The van der Waals surface area contributed by atoms with Crippen LogP contribution in [0.4, 0.5) is 17.3 Å². The molecule has 0 fully saturated rings. The molecule has 2 aromatic carbocycles. The number of amides is 1. The summed E-state index contributed by atoms with van der Waals surface area (Å²) in [7, 11) is 1.89. The molecular weight excluding hydrogens is 312 g/mol. The quantitative estimate of drug-likeness (QED) is 0.765. The smallest absolute Gasteiger partial charge is 0.258 e. The van der Waals surface area contributed by atoms with Gasteiger partial charge >= 0.3 is 0 Å². The molecule has 0 unspecified atom stereocenters. The summed E-state index contributed by atoms with van der Waals surface area (Å²) in [5.41, 5.74) is 3.32. The largest absolute Gasteiger partial charge is 0.322 e. The molecule has 0 saturated heterocycles. The maximum atomic E-state index is 12.4. The summed E-state index contributed by atoms with van der Waals surface area (Å²) in [6.45, 7) is 2.06. The van der Waals surface area contributed by atoms with E-state index in [1.807, 2.05) is 66.5 Å². The molecule has 3 rings (SSSR count). The lowest BCUT2D eigenvalue weighted by molar-refractivity contribution is 0.102. The van der Waals surface area contributed by atoms with Gasteiger partial charge in [-0.2, -0.15) is 0 Å². The summed E-state index contributed by atoms with van der Waals surface area (Å²) in [5, 5.41) is 2.93. The minimum absolute atomic E-state index is 0.213. The van der Waals surface area contributed by atoms with Gasteiger partial charge in [-0.25, -0.2) is 9.97 Å². The maximum Gasteiger partial charge on any atom is 0.258 e. The van der Waals surface area contributed by atoms with Gasteiger partial charge in [-0.15, -0.1) is 0 Å². The van der Waals surface area contributed by atoms with Crippen molar-refractivity contribution in [2.75, 3.05) is 17.3 Å². The minimum Gasteiger partial charge on any atom is -0.322 e. The lowest BCUT2D eigenvalue weighted by Gasteiger charge is -2.17. The molecule has 126 valence electrons. The number of aromatic nitrogens is 2. The average Bonchev–Trinajstić information content (AvgIpc) is 2.68. The number of nitrogens with one attached hydrogen (secondary N) is 1. The van der Waals surface area contributed by atoms with Gasteiger partial charge in [0.15, 0.2) is 0 Å². The van der Waals surface area contributed by atoms with Gasteiger partial charge in [0.2, 0.25) is 5.95 Å². The molecule has 1 amide bonds. The van der Waals surface area contributed by atoms with Crippen molar-refractivity contribution in [2.45, 2.75) is 13.3 Å². The molecule has 5 heteroatoms. The van der Waals surface area contributed by atoms with E-state index in [0.29, 0.717) is 11.5 Å². The Morgan fingerprint density at radius 1 is 1.00 bits per heavy atom. The summed E-state index contributed by atoms with van der Waals surface area (Å²) >= 11 is 0. The van der Waals surface area contributed by atoms with Gasteiger partial charge in [0.05, 0.1) is 5.56 Å². The first-order valence-corrected chi connectivity index (χ1v) is 8.19. The summed E-state index contributed by atoms with van der Waals surface area (Å²) in [4.78, 5) is 22.9. The second-order valence-corrected chi connectivity index (χ2v) is 5.63. The molecule has 0 aliphatic carbocycles. The highest BCUT2D eigenvalue weighted by Crippen LogP contribution is 2.20. The molecule has 0 radical (unpaired) electrons. The van der Waals surface area contributed by atoms with Crippen LogP contribution in [0.15, 0.2) is 67.0 Å². The van der Waals surface area contributed by atoms with Crippen LogP contribution in [-0.4, -0.2) is 22.9 Å². The monoisotopic (exact) mass is 332 g/mol. The Labute approximate surface area is 147 Å². The number of benzene rings is 2. The number of anilines is 3. The van der Waals surface area contributed by atoms with Gasteiger partial charge in [0, 0.05) is 30.8 Å². The van der Waals surface area contributed by atoms with Crippen LogP contribution in [-0.2, 0) is 6.42 Å². The predicted octanol–water partition coefficient (Wildman–Crippen LogP) is 4.06. The van der Waals surface area contributed by atoms with Crippen LogP contribution >= 0.6 is 0 Å². The summed E-state index contributed by atoms with van der Waals surface area (Å²) in [6.07, 6.45) is 3.95. The van der Waals surface area contributed by atoms with Gasteiger partial charge < -0.3 is 10.2 Å². The highest BCUT2D eigenvalue weighted by Gasteiger charge is 2.11. The van der Waals surface area contributed by atoms with E-state index in [2.05, 4.69) is 22.2 Å². The summed E-state index contributed by atoms with van der Waals surface area (Å²) < 4.78 is 0. The minimum atomic E-state index is -0.213. The molecule has 0 saturated carbocycles. The van der Waals surface area contributed by atoms with E-state index in [0.717, 1.165) is 23.4 Å². The van der Waals surface area contributed by atoms with Gasteiger partial charge in [0.1, 0.15) is 0 Å². The van der Waals surface area contributed by atoms with Crippen molar-refractivity contribution in [1.29, 1.82) is 0 Å². The van der Waals surface area contributed by atoms with Crippen molar-refractivity contribution >= 4 is 23.2 Å². The number of carbonyl (C=O) groups excluding carboxylic acids is 1. The molecule has 1 heterocycles. The third kappa shape index (κ3) is 3.83. The fourth-order valence-corrected chi connectivity index (χ4v) is 2.52. The van der Waals surface area contributed by atoms with Gasteiger partial charge in [-0.1, -0.05) is 43.3 Å². The third-order valence-electron chi connectivity index (χ3n) is 3.99. The van der Waals surface area contributed by atoms with E-state index in [1.54, 1.807) is 12.4 Å². The normalized spacial score (nSPS) is 10.3. The molecule has 1 aromatic heterocycles. The fourth-order valence-electron chi connectivity index (χ4n) is 2.52. The molecule has 0 aliphatic rings. The highest BCUT2D eigenvalue weighted by molar-refractivity contribution is 6.04. The first kappa shape index (κ1) is 16.6. The Bertz CT molecular complexity index is 847. The molecule has 25 heavy (non-hydrogen) atoms. The molecular formula is C20H20N4O. The van der Waals surface area contributed by atoms with E-state index in [-0.39, 0.29) is 5.91 Å². The van der Waals surface area contributed by atoms with Crippen LogP contribution < -0.4 is 10.2 Å². The molecule has 0 bridgehead atoms. The SMILES string of the molecule is CCc1ccccc1NC(=O)c1cnc(N(C)c2ccccc2)nc1. The Hall–Kier alpha value is -3.21. The van der Waals surface area contributed by atoms with E-state index in [9.17, 15) is 4.79 Å². The first-order valence-electron chi connectivity index (χ1n) is 8.19. The maximum absolute atomic E-state index is 12.4. The van der Waals surface area contributed by atoms with E-state index < -0.39 is 0 Å². The second kappa shape index (κ2) is 7.57. The Kier molecular flexibility index (Phi) is 5.04. The number of hydrogen-bond acceptors (Lipinski definition) is 4. The van der Waals surface area contributed by atoms with Crippen LogP contribution in [0.1, 0.15) is 22.8 Å². The van der Waals surface area contributed by atoms with Crippen LogP contribution in [0, 0.1) is 0 Å². The van der Waals surface area contributed by atoms with E-state index >= 15 is 0 Å². The van der Waals surface area contributed by atoms with Crippen LogP contribution in [0.2, 0.25) is 0 Å². The summed E-state index contributed by atoms with van der Waals surface area (Å²) in [6, 6.07) is 17.6. The van der Waals surface area contributed by atoms with Gasteiger partial charge in [-0.05, 0) is 30.2 Å². The van der Waals surface area contributed by atoms with Crippen molar-refractivity contribution in [3.8, 4) is 0 Å². The summed E-state index contributed by atoms with van der Waals surface area (Å²) in [5.74, 6) is 0.325. The number of hydrogen-bond donors (Lipinski definition) is 1. The van der Waals surface area contributed by atoms with Crippen molar-refractivity contribution in [1.82, 2.24) is 9.97 Å². The number of aryl methyl sites for hydroxylation is 1. The third-order valence-corrected chi connectivity index (χ3v) is 3.99. The van der Waals surface area contributed by atoms with Crippen molar-refractivity contribution in [2.24, 2.45) is 0 Å². The van der Waals surface area contributed by atoms with E-state index in [1.165, 1.54) is 0 Å². The van der Waals surface area contributed by atoms with Gasteiger partial charge in [-0.3, -0.25) is 4.79 Å². The number of carbonyl (C=O) groups is 1. The molecule has 3 aromatic rings. The Balaban J connectivity index is 1.75. The average molecular weight is 332 g/mol. The zero-order valence-corrected chi connectivity index (χ0v) is 14.3. The lowest BCUT2D eigenvalue weighted by Crippen LogP contribution is -2.16. The standard InChI is InChI=1S/C20H20N4O/c1-3-15-9-7-8-12-18(15)23-19(25)16-13-21-20(22-14-16)24(2)17-10-5-4-6-11-17/h4-14H,3H2,1-2H3,(H,23,25). The topological polar surface area (TPSA) is 58.1 Å². The lowest BCUT2D eigenvalue weighted by atomic mass is 10.1. The van der Waals surface area contributed by atoms with Gasteiger partial charge in [0.25, 0.3) is 5.91 Å². The van der Waals surface area contributed by atoms with Crippen LogP contribution in [0.25, 0.3) is 0 Å². The molecule has 5 nitrogen and oxygen atoms in total. The zero-order valence-electron chi connectivity index (χ0n) is 14.3. The fraction of sp³-hybridized carbons (Fsp3) is 0.150. The van der Waals surface area contributed by atoms with Crippen molar-refractivity contribution in [3.63, 3.8) is 0 Å². The van der Waals surface area contributed by atoms with Crippen molar-refractivity contribution < 1.29 is 4.79 Å².